The molecule has 3 heterocycles. The lowest BCUT2D eigenvalue weighted by atomic mass is 10.2. The Morgan fingerprint density at radius 1 is 1.28 bits per heavy atom. The van der Waals surface area contributed by atoms with E-state index < -0.39 is 0 Å². The molecule has 0 fully saturated rings. The number of benzene rings is 1. The van der Waals surface area contributed by atoms with E-state index in [0.717, 1.165) is 0 Å². The molecule has 0 saturated carbocycles. The van der Waals surface area contributed by atoms with Crippen molar-refractivity contribution in [2.75, 3.05) is 11.4 Å². The maximum atomic E-state index is 13.0. The van der Waals surface area contributed by atoms with Crippen LogP contribution in [0.25, 0.3) is 5.69 Å². The van der Waals surface area contributed by atoms with Crippen molar-refractivity contribution in [2.24, 2.45) is 0 Å². The third-order valence-corrected chi connectivity index (χ3v) is 3.81. The third-order valence-electron chi connectivity index (χ3n) is 3.81. The van der Waals surface area contributed by atoms with Gasteiger partial charge in [-0.25, -0.2) is 9.37 Å². The highest BCUT2D eigenvalue weighted by molar-refractivity contribution is 6.05. The monoisotopic (exact) mass is 339 g/mol. The summed E-state index contributed by atoms with van der Waals surface area (Å²) in [6.07, 6.45) is 2.82. The summed E-state index contributed by atoms with van der Waals surface area (Å²) in [6, 6.07) is 9.22. The van der Waals surface area contributed by atoms with Gasteiger partial charge < -0.3 is 4.74 Å². The van der Waals surface area contributed by atoms with Crippen molar-refractivity contribution < 1.29 is 13.9 Å². The second kappa shape index (κ2) is 5.97. The van der Waals surface area contributed by atoms with E-state index in [1.165, 1.54) is 23.1 Å². The molecular formula is C17H14FN5O2. The second-order valence-electron chi connectivity index (χ2n) is 5.67. The van der Waals surface area contributed by atoms with E-state index in [2.05, 4.69) is 15.2 Å². The summed E-state index contributed by atoms with van der Waals surface area (Å²) in [5.41, 5.74) is 1.35. The van der Waals surface area contributed by atoms with Gasteiger partial charge in [0, 0.05) is 6.20 Å². The van der Waals surface area contributed by atoms with E-state index in [4.69, 9.17) is 4.74 Å². The zero-order valence-corrected chi connectivity index (χ0v) is 13.3. The van der Waals surface area contributed by atoms with Gasteiger partial charge in [-0.15, -0.1) is 5.10 Å². The fourth-order valence-corrected chi connectivity index (χ4v) is 2.65. The number of carbonyl (C=O) groups is 1. The Morgan fingerprint density at radius 3 is 2.88 bits per heavy atom. The molecule has 25 heavy (non-hydrogen) atoms. The minimum absolute atomic E-state index is 0.182. The van der Waals surface area contributed by atoms with Crippen LogP contribution in [0.3, 0.4) is 0 Å². The topological polar surface area (TPSA) is 73.1 Å². The molecule has 1 atom stereocenters. The SMILES string of the molecule is C[C@H]1CN(C(=O)c2cnn(-c3ccc(F)cc3)n2)c2cccnc2O1. The van der Waals surface area contributed by atoms with E-state index in [1.54, 1.807) is 35.4 Å². The van der Waals surface area contributed by atoms with Crippen molar-refractivity contribution in [3.05, 3.63) is 60.3 Å². The van der Waals surface area contributed by atoms with E-state index in [9.17, 15) is 9.18 Å². The summed E-state index contributed by atoms with van der Waals surface area (Å²) in [4.78, 5) is 19.9. The Balaban J connectivity index is 1.65. The van der Waals surface area contributed by atoms with Gasteiger partial charge in [0.15, 0.2) is 5.69 Å². The zero-order valence-electron chi connectivity index (χ0n) is 13.3. The third kappa shape index (κ3) is 2.82. The maximum Gasteiger partial charge on any atom is 0.280 e. The van der Waals surface area contributed by atoms with Crippen LogP contribution in [-0.4, -0.2) is 38.5 Å². The Bertz CT molecular complexity index is 925. The Labute approximate surface area is 142 Å². The van der Waals surface area contributed by atoms with Gasteiger partial charge >= 0.3 is 0 Å². The van der Waals surface area contributed by atoms with Crippen molar-refractivity contribution in [3.63, 3.8) is 0 Å². The molecule has 0 unspecified atom stereocenters. The van der Waals surface area contributed by atoms with Crippen LogP contribution in [0.15, 0.2) is 48.8 Å². The first-order valence-corrected chi connectivity index (χ1v) is 7.73. The van der Waals surface area contributed by atoms with Crippen molar-refractivity contribution in [1.29, 1.82) is 0 Å². The molecule has 0 saturated heterocycles. The summed E-state index contributed by atoms with van der Waals surface area (Å²) in [5, 5.41) is 8.31. The highest BCUT2D eigenvalue weighted by Crippen LogP contribution is 2.31. The van der Waals surface area contributed by atoms with Crippen LogP contribution in [0.5, 0.6) is 5.88 Å². The minimum Gasteiger partial charge on any atom is -0.471 e. The van der Waals surface area contributed by atoms with E-state index in [0.29, 0.717) is 23.8 Å². The molecule has 0 spiro atoms. The molecule has 1 aromatic carbocycles. The number of halogens is 1. The van der Waals surface area contributed by atoms with Crippen LogP contribution in [-0.2, 0) is 0 Å². The van der Waals surface area contributed by atoms with Crippen molar-refractivity contribution >= 4 is 11.6 Å². The maximum absolute atomic E-state index is 13.0. The van der Waals surface area contributed by atoms with Crippen molar-refractivity contribution in [2.45, 2.75) is 13.0 Å². The number of fused-ring (bicyclic) bond motifs is 1. The standard InChI is InChI=1S/C17H14FN5O2/c1-11-10-22(15-3-2-8-19-16(15)25-11)17(24)14-9-20-23(21-14)13-6-4-12(18)5-7-13/h2-9,11H,10H2,1H3/t11-/m0/s1. The first kappa shape index (κ1) is 15.3. The summed E-state index contributed by atoms with van der Waals surface area (Å²) in [5.74, 6) is -0.225. The molecule has 1 aliphatic rings. The van der Waals surface area contributed by atoms with Gasteiger partial charge in [0.2, 0.25) is 5.88 Å². The molecule has 4 rings (SSSR count). The molecule has 0 aliphatic carbocycles. The summed E-state index contributed by atoms with van der Waals surface area (Å²) in [6.45, 7) is 2.26. The number of anilines is 1. The predicted molar refractivity (Wildman–Crippen MR) is 87.3 cm³/mol. The molecule has 1 amide bonds. The molecule has 126 valence electrons. The number of hydrogen-bond donors (Lipinski definition) is 0. The lowest BCUT2D eigenvalue weighted by molar-refractivity contribution is 0.0953. The molecule has 1 aliphatic heterocycles. The van der Waals surface area contributed by atoms with Gasteiger partial charge in [-0.05, 0) is 43.3 Å². The molecular weight excluding hydrogens is 325 g/mol. The van der Waals surface area contributed by atoms with Crippen molar-refractivity contribution in [1.82, 2.24) is 20.0 Å². The number of hydrogen-bond acceptors (Lipinski definition) is 5. The second-order valence-corrected chi connectivity index (χ2v) is 5.67. The Kier molecular flexibility index (Phi) is 3.64. The fraction of sp³-hybridized carbons (Fsp3) is 0.176. The average Bonchev–Trinajstić information content (AvgIpc) is 3.11. The van der Waals surface area contributed by atoms with E-state index >= 15 is 0 Å². The number of carbonyl (C=O) groups excluding carboxylic acids is 1. The predicted octanol–water partition coefficient (Wildman–Crippen LogP) is 2.23. The van der Waals surface area contributed by atoms with E-state index in [-0.39, 0.29) is 23.5 Å². The summed E-state index contributed by atoms with van der Waals surface area (Å²) >= 11 is 0. The molecule has 7 nitrogen and oxygen atoms in total. The molecule has 0 bridgehead atoms. The normalized spacial score (nSPS) is 16.2. The Morgan fingerprint density at radius 2 is 2.08 bits per heavy atom. The largest absolute Gasteiger partial charge is 0.471 e. The van der Waals surface area contributed by atoms with Gasteiger partial charge in [-0.2, -0.15) is 9.90 Å². The molecule has 8 heteroatoms. The van der Waals surface area contributed by atoms with Crippen LogP contribution < -0.4 is 9.64 Å². The highest BCUT2D eigenvalue weighted by Gasteiger charge is 2.30. The molecule has 2 aromatic heterocycles. The van der Waals surface area contributed by atoms with Crippen LogP contribution >= 0.6 is 0 Å². The lowest BCUT2D eigenvalue weighted by Gasteiger charge is -2.31. The molecule has 0 radical (unpaired) electrons. The summed E-state index contributed by atoms with van der Waals surface area (Å²) < 4.78 is 18.7. The van der Waals surface area contributed by atoms with Gasteiger partial charge in [0.05, 0.1) is 18.4 Å². The lowest BCUT2D eigenvalue weighted by Crippen LogP contribution is -2.42. The van der Waals surface area contributed by atoms with Crippen LogP contribution in [0.2, 0.25) is 0 Å². The molecule has 3 aromatic rings. The van der Waals surface area contributed by atoms with Crippen LogP contribution in [0, 0.1) is 5.82 Å². The molecule has 0 N–H and O–H groups in total. The highest BCUT2D eigenvalue weighted by atomic mass is 19.1. The van der Waals surface area contributed by atoms with Gasteiger partial charge in [-0.1, -0.05) is 0 Å². The van der Waals surface area contributed by atoms with Crippen LogP contribution in [0.4, 0.5) is 10.1 Å². The van der Waals surface area contributed by atoms with Crippen LogP contribution in [0.1, 0.15) is 17.4 Å². The minimum atomic E-state index is -0.349. The van der Waals surface area contributed by atoms with E-state index in [1.807, 2.05) is 6.92 Å². The first-order chi connectivity index (χ1) is 12.1. The Hall–Kier alpha value is -3.29. The number of nitrogens with zero attached hydrogens (tertiary/aromatic N) is 5. The van der Waals surface area contributed by atoms with Gasteiger partial charge in [0.25, 0.3) is 5.91 Å². The van der Waals surface area contributed by atoms with Crippen molar-refractivity contribution in [3.8, 4) is 11.6 Å². The number of pyridine rings is 1. The number of amides is 1. The number of aromatic nitrogens is 4. The first-order valence-electron chi connectivity index (χ1n) is 7.73. The summed E-state index contributed by atoms with van der Waals surface area (Å²) in [7, 11) is 0. The number of rotatable bonds is 2. The van der Waals surface area contributed by atoms with Gasteiger partial charge in [-0.3, -0.25) is 9.69 Å². The number of ether oxygens (including phenoxy) is 1. The quantitative estimate of drug-likeness (QED) is 0.716. The fourth-order valence-electron chi connectivity index (χ4n) is 2.65. The zero-order chi connectivity index (χ0) is 17.4. The average molecular weight is 339 g/mol. The smallest absolute Gasteiger partial charge is 0.280 e. The van der Waals surface area contributed by atoms with Gasteiger partial charge in [0.1, 0.15) is 17.6 Å².